The van der Waals surface area contributed by atoms with Crippen LogP contribution in [-0.2, 0) is 0 Å². The van der Waals surface area contributed by atoms with Crippen LogP contribution in [0, 0.1) is 0 Å². The van der Waals surface area contributed by atoms with Gasteiger partial charge in [0, 0.05) is 23.8 Å². The Bertz CT molecular complexity index is 480. The molecule has 1 heterocycles. The quantitative estimate of drug-likeness (QED) is 0.650. The van der Waals surface area contributed by atoms with Gasteiger partial charge in [-0.05, 0) is 57.4 Å². The molecule has 0 aromatic heterocycles. The minimum Gasteiger partial charge on any atom is -0.351 e. The number of carbonyl (C=O) groups is 1. The highest BCUT2D eigenvalue weighted by Crippen LogP contribution is 2.18. The fourth-order valence-corrected chi connectivity index (χ4v) is 3.32. The normalized spacial score (nSPS) is 21.2. The number of rotatable bonds is 6. The third kappa shape index (κ3) is 6.20. The highest BCUT2D eigenvalue weighted by Gasteiger charge is 2.16. The summed E-state index contributed by atoms with van der Waals surface area (Å²) < 4.78 is 0. The standard InChI is InChI=1S/C18H30N4O/c1-13(12-17-6-4-3-5-11-20-17)21-14(2)15-7-9-16(10-8-15)22-18(19)23/h7-10,13-14,17,20-21H,3-6,11-12H2,1-2H3,(H3,19,22,23). The van der Waals surface area contributed by atoms with Gasteiger partial charge in [-0.2, -0.15) is 0 Å². The number of urea groups is 1. The van der Waals surface area contributed by atoms with Gasteiger partial charge in [-0.25, -0.2) is 4.79 Å². The maximum absolute atomic E-state index is 10.8. The third-order valence-electron chi connectivity index (χ3n) is 4.51. The molecule has 1 saturated heterocycles. The average molecular weight is 318 g/mol. The molecule has 0 saturated carbocycles. The summed E-state index contributed by atoms with van der Waals surface area (Å²) >= 11 is 0. The van der Waals surface area contributed by atoms with E-state index in [4.69, 9.17) is 5.73 Å². The molecule has 2 amide bonds. The van der Waals surface area contributed by atoms with Crippen LogP contribution in [0.3, 0.4) is 0 Å². The number of hydrogen-bond donors (Lipinski definition) is 4. The first-order chi connectivity index (χ1) is 11.0. The van der Waals surface area contributed by atoms with E-state index in [2.05, 4.69) is 29.8 Å². The molecule has 5 heteroatoms. The SMILES string of the molecule is CC(CC1CCCCCN1)NC(C)c1ccc(NC(N)=O)cc1. The summed E-state index contributed by atoms with van der Waals surface area (Å²) in [6, 6.07) is 8.66. The van der Waals surface area contributed by atoms with Crippen LogP contribution in [0.4, 0.5) is 10.5 Å². The molecule has 0 aliphatic carbocycles. The average Bonchev–Trinajstić information content (AvgIpc) is 2.75. The molecule has 1 aromatic carbocycles. The van der Waals surface area contributed by atoms with Gasteiger partial charge in [0.1, 0.15) is 0 Å². The van der Waals surface area contributed by atoms with Crippen molar-refractivity contribution < 1.29 is 4.79 Å². The minimum absolute atomic E-state index is 0.276. The molecule has 1 aliphatic rings. The van der Waals surface area contributed by atoms with Crippen molar-refractivity contribution in [3.63, 3.8) is 0 Å². The molecule has 23 heavy (non-hydrogen) atoms. The number of amides is 2. The van der Waals surface area contributed by atoms with Crippen molar-refractivity contribution in [2.45, 2.75) is 64.1 Å². The molecular formula is C18H30N4O. The van der Waals surface area contributed by atoms with E-state index >= 15 is 0 Å². The molecule has 1 aromatic rings. The lowest BCUT2D eigenvalue weighted by Gasteiger charge is -2.25. The van der Waals surface area contributed by atoms with Gasteiger partial charge in [0.2, 0.25) is 0 Å². The summed E-state index contributed by atoms with van der Waals surface area (Å²) in [5.41, 5.74) is 7.05. The van der Waals surface area contributed by atoms with Gasteiger partial charge in [0.15, 0.2) is 0 Å². The van der Waals surface area contributed by atoms with Gasteiger partial charge >= 0.3 is 6.03 Å². The van der Waals surface area contributed by atoms with Crippen molar-refractivity contribution in [2.75, 3.05) is 11.9 Å². The molecular weight excluding hydrogens is 288 g/mol. The van der Waals surface area contributed by atoms with E-state index in [1.807, 2.05) is 24.3 Å². The van der Waals surface area contributed by atoms with Crippen LogP contribution in [0.5, 0.6) is 0 Å². The third-order valence-corrected chi connectivity index (χ3v) is 4.51. The van der Waals surface area contributed by atoms with Crippen LogP contribution in [0.25, 0.3) is 0 Å². The highest BCUT2D eigenvalue weighted by atomic mass is 16.2. The van der Waals surface area contributed by atoms with Crippen LogP contribution in [0.1, 0.15) is 57.6 Å². The molecule has 1 fully saturated rings. The zero-order valence-electron chi connectivity index (χ0n) is 14.3. The number of primary amides is 1. The summed E-state index contributed by atoms with van der Waals surface area (Å²) in [6.45, 7) is 5.58. The topological polar surface area (TPSA) is 79.2 Å². The van der Waals surface area contributed by atoms with E-state index in [-0.39, 0.29) is 6.04 Å². The van der Waals surface area contributed by atoms with E-state index < -0.39 is 6.03 Å². The van der Waals surface area contributed by atoms with Gasteiger partial charge in [0.05, 0.1) is 0 Å². The maximum Gasteiger partial charge on any atom is 0.316 e. The van der Waals surface area contributed by atoms with Gasteiger partial charge in [-0.15, -0.1) is 0 Å². The lowest BCUT2D eigenvalue weighted by molar-refractivity contribution is 0.259. The van der Waals surface area contributed by atoms with E-state index in [0.717, 1.165) is 18.7 Å². The van der Waals surface area contributed by atoms with Crippen molar-refractivity contribution in [1.82, 2.24) is 10.6 Å². The first-order valence-corrected chi connectivity index (χ1v) is 8.70. The first kappa shape index (κ1) is 17.8. The summed E-state index contributed by atoms with van der Waals surface area (Å²) in [5, 5.41) is 9.91. The minimum atomic E-state index is -0.534. The molecule has 128 valence electrons. The van der Waals surface area contributed by atoms with Crippen molar-refractivity contribution in [2.24, 2.45) is 5.73 Å². The number of hydrogen-bond acceptors (Lipinski definition) is 3. The van der Waals surface area contributed by atoms with Gasteiger partial charge in [0.25, 0.3) is 0 Å². The second kappa shape index (κ2) is 8.89. The number of nitrogens with two attached hydrogens (primary N) is 1. The number of anilines is 1. The Balaban J connectivity index is 1.82. The Kier molecular flexibility index (Phi) is 6.86. The zero-order valence-corrected chi connectivity index (χ0v) is 14.3. The fourth-order valence-electron chi connectivity index (χ4n) is 3.32. The number of carbonyl (C=O) groups excluding carboxylic acids is 1. The van der Waals surface area contributed by atoms with Crippen LogP contribution in [-0.4, -0.2) is 24.7 Å². The smallest absolute Gasteiger partial charge is 0.316 e. The molecule has 3 unspecified atom stereocenters. The molecule has 2 rings (SSSR count). The Labute approximate surface area is 139 Å². The monoisotopic (exact) mass is 318 g/mol. The molecule has 5 nitrogen and oxygen atoms in total. The van der Waals surface area contributed by atoms with Crippen LogP contribution < -0.4 is 21.7 Å². The molecule has 0 bridgehead atoms. The Morgan fingerprint density at radius 3 is 2.70 bits per heavy atom. The summed E-state index contributed by atoms with van der Waals surface area (Å²) in [7, 11) is 0. The van der Waals surface area contributed by atoms with Gasteiger partial charge in [-0.3, -0.25) is 0 Å². The second-order valence-corrected chi connectivity index (χ2v) is 6.64. The molecule has 3 atom stereocenters. The second-order valence-electron chi connectivity index (χ2n) is 6.64. The van der Waals surface area contributed by atoms with Crippen LogP contribution in [0.15, 0.2) is 24.3 Å². The van der Waals surface area contributed by atoms with Crippen molar-refractivity contribution in [3.05, 3.63) is 29.8 Å². The largest absolute Gasteiger partial charge is 0.351 e. The number of nitrogens with one attached hydrogen (secondary N) is 3. The van der Waals surface area contributed by atoms with Crippen molar-refractivity contribution >= 4 is 11.7 Å². The summed E-state index contributed by atoms with van der Waals surface area (Å²) in [4.78, 5) is 10.8. The predicted octanol–water partition coefficient (Wildman–Crippen LogP) is 3.14. The summed E-state index contributed by atoms with van der Waals surface area (Å²) in [5.74, 6) is 0. The van der Waals surface area contributed by atoms with E-state index in [1.54, 1.807) is 0 Å². The lowest BCUT2D eigenvalue weighted by Crippen LogP contribution is -2.37. The predicted molar refractivity (Wildman–Crippen MR) is 95.5 cm³/mol. The van der Waals surface area contributed by atoms with Crippen LogP contribution in [0.2, 0.25) is 0 Å². The maximum atomic E-state index is 10.8. The van der Waals surface area contributed by atoms with Crippen molar-refractivity contribution in [3.8, 4) is 0 Å². The van der Waals surface area contributed by atoms with E-state index in [1.165, 1.54) is 31.2 Å². The fraction of sp³-hybridized carbons (Fsp3) is 0.611. The Morgan fingerprint density at radius 2 is 2.00 bits per heavy atom. The van der Waals surface area contributed by atoms with Gasteiger partial charge in [-0.1, -0.05) is 25.0 Å². The molecule has 0 radical (unpaired) electrons. The van der Waals surface area contributed by atoms with Crippen LogP contribution >= 0.6 is 0 Å². The lowest BCUT2D eigenvalue weighted by atomic mass is 10.0. The Hall–Kier alpha value is -1.59. The Morgan fingerprint density at radius 1 is 1.26 bits per heavy atom. The molecule has 5 N–H and O–H groups in total. The zero-order chi connectivity index (χ0) is 16.7. The van der Waals surface area contributed by atoms with Gasteiger partial charge < -0.3 is 21.7 Å². The molecule has 0 spiro atoms. The first-order valence-electron chi connectivity index (χ1n) is 8.70. The summed E-state index contributed by atoms with van der Waals surface area (Å²) in [6.07, 6.45) is 6.45. The number of benzene rings is 1. The van der Waals surface area contributed by atoms with E-state index in [9.17, 15) is 4.79 Å². The van der Waals surface area contributed by atoms with Crippen molar-refractivity contribution in [1.29, 1.82) is 0 Å². The van der Waals surface area contributed by atoms with E-state index in [0.29, 0.717) is 12.1 Å². The highest BCUT2D eigenvalue weighted by molar-refractivity contribution is 5.87. The molecule has 1 aliphatic heterocycles.